The Morgan fingerprint density at radius 3 is 1.32 bits per heavy atom. The highest BCUT2D eigenvalue weighted by Gasteiger charge is 2.31. The molecular formula is C14H31O2PS2. The summed E-state index contributed by atoms with van der Waals surface area (Å²) in [6.45, 7) is 20.6. The first kappa shape index (κ1) is 19.9. The van der Waals surface area contributed by atoms with Crippen molar-refractivity contribution in [3.8, 4) is 0 Å². The van der Waals surface area contributed by atoms with Gasteiger partial charge in [-0.2, -0.15) is 0 Å². The molecule has 0 saturated heterocycles. The molecule has 0 bridgehead atoms. The van der Waals surface area contributed by atoms with E-state index in [1.807, 2.05) is 0 Å². The summed E-state index contributed by atoms with van der Waals surface area (Å²) < 4.78 is 12.1. The van der Waals surface area contributed by atoms with Gasteiger partial charge in [-0.25, -0.2) is 0 Å². The van der Waals surface area contributed by atoms with Crippen LogP contribution in [-0.4, -0.2) is 18.0 Å². The van der Waals surface area contributed by atoms with Crippen LogP contribution in [0.2, 0.25) is 0 Å². The van der Waals surface area contributed by atoms with Gasteiger partial charge in [0.05, 0.1) is 13.2 Å². The van der Waals surface area contributed by atoms with Crippen LogP contribution in [0.25, 0.3) is 0 Å². The molecule has 0 aliphatic heterocycles. The van der Waals surface area contributed by atoms with Crippen molar-refractivity contribution < 1.29 is 9.05 Å². The Kier molecular flexibility index (Phi) is 7.12. The van der Waals surface area contributed by atoms with Crippen molar-refractivity contribution >= 4 is 28.9 Å². The second kappa shape index (κ2) is 6.79. The molecule has 0 aliphatic carbocycles. The Labute approximate surface area is 129 Å². The van der Waals surface area contributed by atoms with Gasteiger partial charge in [0.2, 0.25) is 5.69 Å². The zero-order chi connectivity index (χ0) is 15.5. The molecule has 0 amide bonds. The molecule has 0 unspecified atom stereocenters. The number of rotatable bonds is 5. The third kappa shape index (κ3) is 12.4. The Bertz CT molecular complexity index is 300. The van der Waals surface area contributed by atoms with Crippen LogP contribution in [-0.2, 0) is 20.9 Å². The van der Waals surface area contributed by atoms with E-state index in [4.69, 9.17) is 20.9 Å². The molecule has 0 saturated carbocycles. The van der Waals surface area contributed by atoms with Crippen LogP contribution in [0.15, 0.2) is 0 Å². The van der Waals surface area contributed by atoms with Crippen molar-refractivity contribution in [2.75, 3.05) is 13.2 Å². The van der Waals surface area contributed by atoms with Gasteiger partial charge in [0.15, 0.2) is 0 Å². The fraction of sp³-hybridized carbons (Fsp3) is 1.00. The van der Waals surface area contributed by atoms with E-state index in [1.165, 1.54) is 0 Å². The highest BCUT2D eigenvalue weighted by atomic mass is 32.9. The van der Waals surface area contributed by atoms with Gasteiger partial charge < -0.3 is 9.05 Å². The van der Waals surface area contributed by atoms with E-state index in [0.717, 1.165) is 0 Å². The third-order valence-electron chi connectivity index (χ3n) is 1.70. The number of hydrogen-bond acceptors (Lipinski definition) is 4. The van der Waals surface area contributed by atoms with E-state index < -0.39 is 5.69 Å². The summed E-state index contributed by atoms with van der Waals surface area (Å²) in [6.07, 6.45) is 0. The maximum absolute atomic E-state index is 6.03. The second-order valence-corrected chi connectivity index (χ2v) is 15.3. The Morgan fingerprint density at radius 2 is 1.11 bits per heavy atom. The first-order chi connectivity index (χ1) is 8.12. The minimum atomic E-state index is -2.28. The van der Waals surface area contributed by atoms with Crippen LogP contribution in [0.5, 0.6) is 0 Å². The first-order valence-electron chi connectivity index (χ1n) is 6.72. The van der Waals surface area contributed by atoms with Gasteiger partial charge in [-0.15, -0.1) is 0 Å². The first-order valence-corrected chi connectivity index (χ1v) is 10.8. The molecule has 0 aromatic heterocycles. The van der Waals surface area contributed by atoms with Gasteiger partial charge in [-0.3, -0.25) is 0 Å². The molecule has 0 spiro atoms. The summed E-state index contributed by atoms with van der Waals surface area (Å²) in [5.41, 5.74) is -2.07. The summed E-state index contributed by atoms with van der Waals surface area (Å²) in [6, 6.07) is 0. The molecule has 0 fully saturated rings. The SMILES string of the molecule is CC(C)(C)COP(=S)(OCC(C)(C)C)SC(C)(C)C. The molecule has 0 aromatic carbocycles. The largest absolute Gasteiger partial charge is 0.321 e. The van der Waals surface area contributed by atoms with Crippen LogP contribution in [0.4, 0.5) is 0 Å². The van der Waals surface area contributed by atoms with Crippen molar-refractivity contribution in [2.24, 2.45) is 10.8 Å². The third-order valence-corrected chi connectivity index (χ3v) is 7.61. The smallest absolute Gasteiger partial charge is 0.247 e. The van der Waals surface area contributed by atoms with Gasteiger partial charge in [-0.1, -0.05) is 73.7 Å². The highest BCUT2D eigenvalue weighted by Crippen LogP contribution is 2.66. The van der Waals surface area contributed by atoms with Gasteiger partial charge in [0.1, 0.15) is 0 Å². The van der Waals surface area contributed by atoms with Crippen molar-refractivity contribution in [1.82, 2.24) is 0 Å². The molecule has 116 valence electrons. The Balaban J connectivity index is 4.78. The van der Waals surface area contributed by atoms with Crippen molar-refractivity contribution in [3.05, 3.63) is 0 Å². The molecule has 2 nitrogen and oxygen atoms in total. The van der Waals surface area contributed by atoms with Crippen molar-refractivity contribution in [3.63, 3.8) is 0 Å². The summed E-state index contributed by atoms with van der Waals surface area (Å²) in [4.78, 5) is 0. The van der Waals surface area contributed by atoms with E-state index in [2.05, 4.69) is 62.3 Å². The zero-order valence-corrected chi connectivity index (χ0v) is 16.5. The van der Waals surface area contributed by atoms with Crippen LogP contribution < -0.4 is 0 Å². The van der Waals surface area contributed by atoms with Crippen molar-refractivity contribution in [1.29, 1.82) is 0 Å². The average Bonchev–Trinajstić information content (AvgIpc) is 2.07. The van der Waals surface area contributed by atoms with Crippen molar-refractivity contribution in [2.45, 2.75) is 67.1 Å². The molecule has 0 heterocycles. The molecule has 0 aliphatic rings. The summed E-state index contributed by atoms with van der Waals surface area (Å²) in [5, 5.41) is 0. The Morgan fingerprint density at radius 1 is 0.789 bits per heavy atom. The molecule has 0 atom stereocenters. The maximum atomic E-state index is 6.03. The van der Waals surface area contributed by atoms with E-state index >= 15 is 0 Å². The molecule has 0 rings (SSSR count). The van der Waals surface area contributed by atoms with E-state index in [-0.39, 0.29) is 15.6 Å². The molecular weight excluding hydrogens is 295 g/mol. The lowest BCUT2D eigenvalue weighted by Gasteiger charge is -2.32. The molecule has 5 heteroatoms. The lowest BCUT2D eigenvalue weighted by molar-refractivity contribution is 0.155. The standard InChI is InChI=1S/C14H31O2PS2/c1-12(2,3)10-15-17(18,19-14(7,8)9)16-11-13(4,5)6/h10-11H2,1-9H3. The van der Waals surface area contributed by atoms with E-state index in [0.29, 0.717) is 13.2 Å². The summed E-state index contributed by atoms with van der Waals surface area (Å²) in [7, 11) is 0. The second-order valence-electron chi connectivity index (χ2n) is 8.32. The quantitative estimate of drug-likeness (QED) is 0.588. The Hall–Kier alpha value is 0.920. The maximum Gasteiger partial charge on any atom is 0.247 e. The highest BCUT2D eigenvalue weighted by molar-refractivity contribution is 8.68. The van der Waals surface area contributed by atoms with Crippen LogP contribution in [0.1, 0.15) is 62.3 Å². The number of hydrogen-bond donors (Lipinski definition) is 0. The summed E-state index contributed by atoms with van der Waals surface area (Å²) >= 11 is 7.38. The predicted octanol–water partition coefficient (Wildman–Crippen LogP) is 5.87. The lowest BCUT2D eigenvalue weighted by atomic mass is 9.99. The van der Waals surface area contributed by atoms with Gasteiger partial charge >= 0.3 is 0 Å². The average molecular weight is 327 g/mol. The summed E-state index contributed by atoms with van der Waals surface area (Å²) in [5.74, 6) is 0. The minimum absolute atomic E-state index is 0.0469. The zero-order valence-electron chi connectivity index (χ0n) is 14.0. The predicted molar refractivity (Wildman–Crippen MR) is 92.4 cm³/mol. The molecule has 19 heavy (non-hydrogen) atoms. The monoisotopic (exact) mass is 326 g/mol. The van der Waals surface area contributed by atoms with Crippen LogP contribution >= 0.6 is 17.1 Å². The topological polar surface area (TPSA) is 18.5 Å². The van der Waals surface area contributed by atoms with Gasteiger partial charge in [-0.05, 0) is 22.6 Å². The lowest BCUT2D eigenvalue weighted by Crippen LogP contribution is -2.18. The fourth-order valence-electron chi connectivity index (χ4n) is 0.971. The van der Waals surface area contributed by atoms with E-state index in [1.54, 1.807) is 11.4 Å². The minimum Gasteiger partial charge on any atom is -0.321 e. The molecule has 0 N–H and O–H groups in total. The fourth-order valence-corrected chi connectivity index (χ4v) is 7.89. The van der Waals surface area contributed by atoms with Gasteiger partial charge in [0.25, 0.3) is 0 Å². The normalized spacial score (nSPS) is 14.8. The molecule has 0 radical (unpaired) electrons. The van der Waals surface area contributed by atoms with Crippen LogP contribution in [0, 0.1) is 10.8 Å². The molecule has 0 aromatic rings. The van der Waals surface area contributed by atoms with E-state index in [9.17, 15) is 0 Å². The van der Waals surface area contributed by atoms with Gasteiger partial charge in [0, 0.05) is 4.75 Å². The van der Waals surface area contributed by atoms with Crippen LogP contribution in [0.3, 0.4) is 0 Å².